The first-order valence-electron chi connectivity index (χ1n) is 10.8. The number of rotatable bonds is 11. The molecule has 0 fully saturated rings. The summed E-state index contributed by atoms with van der Waals surface area (Å²) in [6.45, 7) is 3.94. The van der Waals surface area contributed by atoms with Crippen LogP contribution < -0.4 is 9.47 Å². The first-order valence-corrected chi connectivity index (χ1v) is 11.2. The summed E-state index contributed by atoms with van der Waals surface area (Å²) < 4.78 is 13.1. The third-order valence-electron chi connectivity index (χ3n) is 5.80. The number of hydrogen-bond donors (Lipinski definition) is 1. The van der Waals surface area contributed by atoms with E-state index < -0.39 is 5.97 Å². The van der Waals surface area contributed by atoms with Crippen molar-refractivity contribution in [1.29, 1.82) is 0 Å². The smallest absolute Gasteiger partial charge is 0.303 e. The van der Waals surface area contributed by atoms with Gasteiger partial charge in [-0.2, -0.15) is 5.10 Å². The number of carboxylic acids is 1. The molecule has 7 nitrogen and oxygen atoms in total. The van der Waals surface area contributed by atoms with Gasteiger partial charge in [-0.15, -0.1) is 0 Å². The lowest BCUT2D eigenvalue weighted by Gasteiger charge is -2.19. The zero-order valence-electron chi connectivity index (χ0n) is 19.0. The molecule has 2 atom stereocenters. The van der Waals surface area contributed by atoms with E-state index in [4.69, 9.17) is 21.1 Å². The Labute approximate surface area is 193 Å². The lowest BCUT2D eigenvalue weighted by molar-refractivity contribution is -0.138. The van der Waals surface area contributed by atoms with Gasteiger partial charge in [-0.05, 0) is 63.1 Å². The minimum atomic E-state index is -0.775. The van der Waals surface area contributed by atoms with Crippen molar-refractivity contribution in [3.63, 3.8) is 0 Å². The van der Waals surface area contributed by atoms with Crippen LogP contribution in [0.15, 0.2) is 30.3 Å². The number of aryl methyl sites for hydroxylation is 3. The first-order chi connectivity index (χ1) is 15.3. The number of benzene rings is 1. The molecule has 2 aromatic heterocycles. The van der Waals surface area contributed by atoms with Crippen molar-refractivity contribution in [2.24, 2.45) is 13.0 Å². The molecular weight excluding hydrogens is 430 g/mol. The molecule has 0 saturated heterocycles. The van der Waals surface area contributed by atoms with Crippen LogP contribution in [-0.2, 0) is 18.3 Å². The van der Waals surface area contributed by atoms with E-state index in [1.54, 1.807) is 17.9 Å². The number of carbonyl (C=O) groups is 1. The molecule has 0 saturated carbocycles. The SMILES string of the molecule is COc1ccc(CCC(CC[C@@H](C)Oc2nc(Cl)cc3nn(C)c(C)c23)CC(=O)O)cc1. The maximum absolute atomic E-state index is 11.4. The zero-order chi connectivity index (χ0) is 23.3. The number of pyridine rings is 1. The number of fused-ring (bicyclic) bond motifs is 1. The molecule has 0 radical (unpaired) electrons. The maximum atomic E-state index is 11.4. The van der Waals surface area contributed by atoms with Crippen molar-refractivity contribution >= 4 is 28.5 Å². The Hall–Kier alpha value is -2.80. The highest BCUT2D eigenvalue weighted by Crippen LogP contribution is 2.30. The normalized spacial score (nSPS) is 13.2. The molecule has 2 heterocycles. The van der Waals surface area contributed by atoms with E-state index in [1.807, 2.05) is 45.2 Å². The summed E-state index contributed by atoms with van der Waals surface area (Å²) in [7, 11) is 3.51. The van der Waals surface area contributed by atoms with Gasteiger partial charge in [0.2, 0.25) is 5.88 Å². The van der Waals surface area contributed by atoms with Gasteiger partial charge in [0.1, 0.15) is 16.4 Å². The lowest BCUT2D eigenvalue weighted by Crippen LogP contribution is -2.17. The van der Waals surface area contributed by atoms with Crippen molar-refractivity contribution in [3.8, 4) is 11.6 Å². The van der Waals surface area contributed by atoms with Crippen molar-refractivity contribution in [2.45, 2.75) is 52.1 Å². The van der Waals surface area contributed by atoms with E-state index in [9.17, 15) is 9.90 Å². The Bertz CT molecular complexity index is 1070. The summed E-state index contributed by atoms with van der Waals surface area (Å²) in [5, 5.41) is 15.0. The molecule has 0 aliphatic rings. The highest BCUT2D eigenvalue weighted by molar-refractivity contribution is 6.30. The molecule has 1 aromatic carbocycles. The van der Waals surface area contributed by atoms with Crippen molar-refractivity contribution in [3.05, 3.63) is 46.7 Å². The first kappa shape index (κ1) is 23.9. The number of ether oxygens (including phenoxy) is 2. The van der Waals surface area contributed by atoms with Gasteiger partial charge in [0.15, 0.2) is 0 Å². The van der Waals surface area contributed by atoms with E-state index in [2.05, 4.69) is 10.1 Å². The minimum absolute atomic E-state index is 0.0631. The molecule has 0 spiro atoms. The Kier molecular flexibility index (Phi) is 7.96. The van der Waals surface area contributed by atoms with Gasteiger partial charge in [-0.3, -0.25) is 9.48 Å². The predicted octanol–water partition coefficient (Wildman–Crippen LogP) is 5.21. The summed E-state index contributed by atoms with van der Waals surface area (Å²) in [5.74, 6) is 0.573. The van der Waals surface area contributed by atoms with Crippen molar-refractivity contribution in [1.82, 2.24) is 14.8 Å². The van der Waals surface area contributed by atoms with Gasteiger partial charge in [0.05, 0.1) is 18.6 Å². The molecule has 32 heavy (non-hydrogen) atoms. The molecule has 8 heteroatoms. The van der Waals surface area contributed by atoms with Gasteiger partial charge in [-0.25, -0.2) is 4.98 Å². The van der Waals surface area contributed by atoms with Crippen LogP contribution in [0.5, 0.6) is 11.6 Å². The van der Waals surface area contributed by atoms with E-state index in [0.29, 0.717) is 11.0 Å². The van der Waals surface area contributed by atoms with Gasteiger partial charge in [0, 0.05) is 25.2 Å². The second-order valence-corrected chi connectivity index (χ2v) is 8.60. The lowest BCUT2D eigenvalue weighted by atomic mass is 9.91. The van der Waals surface area contributed by atoms with Crippen LogP contribution in [-0.4, -0.2) is 39.1 Å². The van der Waals surface area contributed by atoms with E-state index >= 15 is 0 Å². The molecule has 0 bridgehead atoms. The van der Waals surface area contributed by atoms with Crippen LogP contribution in [0.25, 0.3) is 10.9 Å². The highest BCUT2D eigenvalue weighted by Gasteiger charge is 2.19. The topological polar surface area (TPSA) is 86.5 Å². The van der Waals surface area contributed by atoms with E-state index in [1.165, 1.54) is 5.56 Å². The second-order valence-electron chi connectivity index (χ2n) is 8.21. The fourth-order valence-electron chi connectivity index (χ4n) is 3.86. The summed E-state index contributed by atoms with van der Waals surface area (Å²) in [6, 6.07) is 9.63. The molecule has 1 N–H and O–H groups in total. The van der Waals surface area contributed by atoms with Crippen LogP contribution in [0.1, 0.15) is 43.9 Å². The molecule has 0 amide bonds. The van der Waals surface area contributed by atoms with Crippen LogP contribution in [0.2, 0.25) is 5.15 Å². The molecule has 0 aliphatic carbocycles. The zero-order valence-corrected chi connectivity index (χ0v) is 19.7. The summed E-state index contributed by atoms with van der Waals surface area (Å²) in [6.07, 6.45) is 3.09. The van der Waals surface area contributed by atoms with Crippen molar-refractivity contribution < 1.29 is 19.4 Å². The fourth-order valence-corrected chi connectivity index (χ4v) is 4.04. The molecule has 3 rings (SSSR count). The largest absolute Gasteiger partial charge is 0.497 e. The van der Waals surface area contributed by atoms with Gasteiger partial charge in [-0.1, -0.05) is 23.7 Å². The van der Waals surface area contributed by atoms with Crippen LogP contribution in [0, 0.1) is 12.8 Å². The molecule has 1 unspecified atom stereocenters. The fraction of sp³-hybridized carbons (Fsp3) is 0.458. The number of methoxy groups -OCH3 is 1. The van der Waals surface area contributed by atoms with Crippen molar-refractivity contribution in [2.75, 3.05) is 7.11 Å². The van der Waals surface area contributed by atoms with Gasteiger partial charge >= 0.3 is 5.97 Å². The summed E-state index contributed by atoms with van der Waals surface area (Å²) >= 11 is 6.16. The van der Waals surface area contributed by atoms with Crippen LogP contribution in [0.4, 0.5) is 0 Å². The number of aromatic nitrogens is 3. The average Bonchev–Trinajstić information content (AvgIpc) is 3.03. The summed E-state index contributed by atoms with van der Waals surface area (Å²) in [4.78, 5) is 15.7. The average molecular weight is 460 g/mol. The Morgan fingerprint density at radius 3 is 2.59 bits per heavy atom. The highest BCUT2D eigenvalue weighted by atomic mass is 35.5. The van der Waals surface area contributed by atoms with Gasteiger partial charge < -0.3 is 14.6 Å². The number of carboxylic acid groups (broad SMARTS) is 1. The molecule has 3 aromatic rings. The molecule has 0 aliphatic heterocycles. The standard InChI is InChI=1S/C24H30ClN3O4/c1-15(32-24-23-16(2)28(3)27-20(23)14-21(25)26-24)5-6-18(13-22(29)30)8-7-17-9-11-19(31-4)12-10-17/h9-12,14-15,18H,5-8,13H2,1-4H3,(H,29,30)/t15-,18?/m1/s1. The quantitative estimate of drug-likeness (QED) is 0.396. The third-order valence-corrected chi connectivity index (χ3v) is 5.99. The van der Waals surface area contributed by atoms with E-state index in [0.717, 1.165) is 48.0 Å². The van der Waals surface area contributed by atoms with Crippen LogP contribution >= 0.6 is 11.6 Å². The molecular formula is C24H30ClN3O4. The number of nitrogens with zero attached hydrogens (tertiary/aromatic N) is 3. The maximum Gasteiger partial charge on any atom is 0.303 e. The Balaban J connectivity index is 1.61. The van der Waals surface area contributed by atoms with E-state index in [-0.39, 0.29) is 18.4 Å². The third kappa shape index (κ3) is 6.13. The number of halogens is 1. The number of aliphatic carboxylic acids is 1. The predicted molar refractivity (Wildman–Crippen MR) is 125 cm³/mol. The monoisotopic (exact) mass is 459 g/mol. The summed E-state index contributed by atoms with van der Waals surface area (Å²) in [5.41, 5.74) is 2.87. The van der Waals surface area contributed by atoms with Crippen LogP contribution in [0.3, 0.4) is 0 Å². The molecule has 172 valence electrons. The second kappa shape index (κ2) is 10.7. The minimum Gasteiger partial charge on any atom is -0.497 e. The Morgan fingerprint density at radius 1 is 1.22 bits per heavy atom. The number of hydrogen-bond acceptors (Lipinski definition) is 5. The van der Waals surface area contributed by atoms with Gasteiger partial charge in [0.25, 0.3) is 0 Å². The Morgan fingerprint density at radius 2 is 1.94 bits per heavy atom.